The molecule has 2 aromatic carbocycles. The Hall–Kier alpha value is -3.45. The van der Waals surface area contributed by atoms with Gasteiger partial charge in [-0.1, -0.05) is 50.2 Å². The van der Waals surface area contributed by atoms with Gasteiger partial charge in [0.2, 0.25) is 10.0 Å². The third-order valence-corrected chi connectivity index (χ3v) is 9.44. The molecular formula is C31H42N6O5S. The minimum absolute atomic E-state index is 0.000866. The molecule has 3 aromatic rings. The van der Waals surface area contributed by atoms with Gasteiger partial charge >= 0.3 is 5.69 Å². The lowest BCUT2D eigenvalue weighted by Crippen LogP contribution is -2.47. The molecule has 0 unspecified atom stereocenters. The van der Waals surface area contributed by atoms with Gasteiger partial charge < -0.3 is 19.9 Å². The summed E-state index contributed by atoms with van der Waals surface area (Å²) in [4.78, 5) is 32.6. The molecule has 3 heterocycles. The van der Waals surface area contributed by atoms with Crippen LogP contribution in [0, 0.1) is 5.92 Å². The summed E-state index contributed by atoms with van der Waals surface area (Å²) < 4.78 is 36.2. The lowest BCUT2D eigenvalue weighted by Gasteiger charge is -2.29. The van der Waals surface area contributed by atoms with Crippen LogP contribution in [0.25, 0.3) is 16.9 Å². The van der Waals surface area contributed by atoms with E-state index in [1.165, 1.54) is 4.57 Å². The molecule has 2 fully saturated rings. The summed E-state index contributed by atoms with van der Waals surface area (Å²) >= 11 is 0. The Bertz CT molecular complexity index is 1550. The van der Waals surface area contributed by atoms with E-state index in [0.717, 1.165) is 24.3 Å². The van der Waals surface area contributed by atoms with Crippen molar-refractivity contribution in [1.82, 2.24) is 24.1 Å². The van der Waals surface area contributed by atoms with Gasteiger partial charge in [-0.25, -0.2) is 17.9 Å². The smallest absolute Gasteiger partial charge is 0.333 e. The van der Waals surface area contributed by atoms with E-state index >= 15 is 0 Å². The Balaban J connectivity index is 1.59. The number of hydrogen-bond acceptors (Lipinski definition) is 7. The summed E-state index contributed by atoms with van der Waals surface area (Å²) in [5.41, 5.74) is 2.92. The molecule has 0 bridgehead atoms. The Kier molecular flexibility index (Phi) is 10.0. The van der Waals surface area contributed by atoms with Crippen molar-refractivity contribution in [3.8, 4) is 16.9 Å². The molecule has 0 atom stereocenters. The van der Waals surface area contributed by atoms with Crippen molar-refractivity contribution in [2.45, 2.75) is 26.8 Å². The summed E-state index contributed by atoms with van der Waals surface area (Å²) in [5.74, 6) is -0.173. The van der Waals surface area contributed by atoms with E-state index in [4.69, 9.17) is 4.74 Å². The predicted molar refractivity (Wildman–Crippen MR) is 169 cm³/mol. The van der Waals surface area contributed by atoms with Crippen molar-refractivity contribution in [1.29, 1.82) is 0 Å². The number of rotatable bonds is 11. The molecule has 0 spiro atoms. The Morgan fingerprint density at radius 2 is 1.67 bits per heavy atom. The van der Waals surface area contributed by atoms with Crippen LogP contribution in [0.3, 0.4) is 0 Å². The van der Waals surface area contributed by atoms with Crippen LogP contribution in [0.4, 0.5) is 5.69 Å². The third-order valence-electron chi connectivity index (χ3n) is 7.69. The van der Waals surface area contributed by atoms with Crippen LogP contribution < -0.4 is 20.6 Å². The number of ether oxygens (including phenoxy) is 1. The van der Waals surface area contributed by atoms with E-state index in [1.807, 2.05) is 68.4 Å². The highest BCUT2D eigenvalue weighted by Gasteiger charge is 2.31. The van der Waals surface area contributed by atoms with Gasteiger partial charge in [0.25, 0.3) is 5.91 Å². The van der Waals surface area contributed by atoms with Crippen LogP contribution in [0.5, 0.6) is 0 Å². The van der Waals surface area contributed by atoms with E-state index in [0.29, 0.717) is 62.9 Å². The SMILES string of the molecule is CC(C)CS(=O)(=O)NCCCn1c(C(=O)N2CCNCC2)c(-c2ccccc2)n(-c2cccc(N3CCOCC3)c2)c1=O. The number of hydrogen-bond donors (Lipinski definition) is 2. The van der Waals surface area contributed by atoms with Crippen molar-refractivity contribution >= 4 is 21.6 Å². The number of imidazole rings is 1. The number of morpholine rings is 1. The number of amides is 1. The average Bonchev–Trinajstić information content (AvgIpc) is 3.31. The molecule has 2 aliphatic heterocycles. The maximum absolute atomic E-state index is 14.4. The lowest BCUT2D eigenvalue weighted by molar-refractivity contribution is 0.0725. The highest BCUT2D eigenvalue weighted by molar-refractivity contribution is 7.89. The number of nitrogens with one attached hydrogen (secondary N) is 2. The summed E-state index contributed by atoms with van der Waals surface area (Å²) in [6, 6.07) is 17.4. The maximum atomic E-state index is 14.4. The number of nitrogens with zero attached hydrogens (tertiary/aromatic N) is 4. The zero-order chi connectivity index (χ0) is 30.4. The molecule has 2 saturated heterocycles. The number of carbonyl (C=O) groups excluding carboxylic acids is 1. The van der Waals surface area contributed by atoms with Gasteiger partial charge in [-0.3, -0.25) is 13.9 Å². The normalized spacial score (nSPS) is 16.2. The van der Waals surface area contributed by atoms with E-state index in [2.05, 4.69) is 14.9 Å². The number of carbonyl (C=O) groups is 1. The molecular weight excluding hydrogens is 568 g/mol. The topological polar surface area (TPSA) is 118 Å². The third kappa shape index (κ3) is 7.38. The number of benzene rings is 2. The molecule has 0 saturated carbocycles. The van der Waals surface area contributed by atoms with Gasteiger partial charge in [-0.2, -0.15) is 0 Å². The number of sulfonamides is 1. The standard InChI is InChI=1S/C31H42N6O5S/c1-24(2)23-43(40,41)33-12-7-15-36-29(30(38)35-16-13-32-14-17-35)28(25-8-4-3-5-9-25)37(31(36)39)27-11-6-10-26(22-27)34-18-20-42-21-19-34/h3-6,8-11,22,24,32-33H,7,12-21,23H2,1-2H3. The van der Waals surface area contributed by atoms with E-state index in [9.17, 15) is 18.0 Å². The predicted octanol–water partition coefficient (Wildman–Crippen LogP) is 2.15. The van der Waals surface area contributed by atoms with Crippen molar-refractivity contribution in [2.75, 3.05) is 69.7 Å². The minimum atomic E-state index is -3.43. The molecule has 0 radical (unpaired) electrons. The molecule has 2 aliphatic rings. The van der Waals surface area contributed by atoms with E-state index in [1.54, 1.807) is 9.47 Å². The van der Waals surface area contributed by atoms with Gasteiger partial charge in [0.05, 0.1) is 30.3 Å². The number of aromatic nitrogens is 2. The van der Waals surface area contributed by atoms with Gasteiger partial charge in [0, 0.05) is 63.6 Å². The first kappa shape index (κ1) is 31.0. The van der Waals surface area contributed by atoms with Crippen molar-refractivity contribution in [2.24, 2.45) is 5.92 Å². The second-order valence-electron chi connectivity index (χ2n) is 11.4. The number of piperazine rings is 1. The Morgan fingerprint density at radius 1 is 0.977 bits per heavy atom. The molecule has 43 heavy (non-hydrogen) atoms. The first-order chi connectivity index (χ1) is 20.7. The molecule has 2 N–H and O–H groups in total. The fraction of sp³-hybridized carbons (Fsp3) is 0.484. The second kappa shape index (κ2) is 13.9. The lowest BCUT2D eigenvalue weighted by atomic mass is 10.1. The highest BCUT2D eigenvalue weighted by Crippen LogP contribution is 2.29. The van der Waals surface area contributed by atoms with Crippen LogP contribution >= 0.6 is 0 Å². The maximum Gasteiger partial charge on any atom is 0.333 e. The Labute approximate surface area is 253 Å². The first-order valence-corrected chi connectivity index (χ1v) is 16.7. The molecule has 11 nitrogen and oxygen atoms in total. The molecule has 5 rings (SSSR count). The quantitative estimate of drug-likeness (QED) is 0.320. The van der Waals surface area contributed by atoms with Crippen molar-refractivity contribution in [3.63, 3.8) is 0 Å². The summed E-state index contributed by atoms with van der Waals surface area (Å²) in [6.07, 6.45) is 0.352. The zero-order valence-electron chi connectivity index (χ0n) is 25.0. The summed E-state index contributed by atoms with van der Waals surface area (Å²) in [5, 5.41) is 3.28. The first-order valence-electron chi connectivity index (χ1n) is 15.1. The largest absolute Gasteiger partial charge is 0.378 e. The number of anilines is 1. The van der Waals surface area contributed by atoms with Gasteiger partial charge in [-0.15, -0.1) is 0 Å². The molecule has 232 valence electrons. The molecule has 12 heteroatoms. The van der Waals surface area contributed by atoms with E-state index < -0.39 is 10.0 Å². The van der Waals surface area contributed by atoms with Gasteiger partial charge in [0.1, 0.15) is 5.69 Å². The minimum Gasteiger partial charge on any atom is -0.378 e. The highest BCUT2D eigenvalue weighted by atomic mass is 32.2. The Morgan fingerprint density at radius 3 is 2.37 bits per heavy atom. The fourth-order valence-electron chi connectivity index (χ4n) is 5.70. The van der Waals surface area contributed by atoms with Crippen molar-refractivity contribution in [3.05, 3.63) is 70.8 Å². The van der Waals surface area contributed by atoms with Crippen molar-refractivity contribution < 1.29 is 17.9 Å². The van der Waals surface area contributed by atoms with Crippen LogP contribution in [0.1, 0.15) is 30.8 Å². The van der Waals surface area contributed by atoms with Gasteiger partial charge in [0.15, 0.2) is 0 Å². The van der Waals surface area contributed by atoms with Crippen LogP contribution in [0.2, 0.25) is 0 Å². The molecule has 1 aromatic heterocycles. The fourth-order valence-corrected chi connectivity index (χ4v) is 7.15. The van der Waals surface area contributed by atoms with Crippen LogP contribution in [-0.2, 0) is 21.3 Å². The van der Waals surface area contributed by atoms with Crippen LogP contribution in [0.15, 0.2) is 59.4 Å². The van der Waals surface area contributed by atoms with Crippen LogP contribution in [-0.4, -0.2) is 93.1 Å². The average molecular weight is 611 g/mol. The van der Waals surface area contributed by atoms with E-state index in [-0.39, 0.29) is 36.4 Å². The summed E-state index contributed by atoms with van der Waals surface area (Å²) in [7, 11) is -3.43. The second-order valence-corrected chi connectivity index (χ2v) is 13.3. The zero-order valence-corrected chi connectivity index (χ0v) is 25.8. The molecule has 0 aliphatic carbocycles. The summed E-state index contributed by atoms with van der Waals surface area (Å²) in [6.45, 7) is 9.28. The molecule has 1 amide bonds. The monoisotopic (exact) mass is 610 g/mol. The van der Waals surface area contributed by atoms with Gasteiger partial charge in [-0.05, 0) is 30.5 Å².